The molecule has 7 nitrogen and oxygen atoms in total. The minimum absolute atomic E-state index is 0.116. The first-order valence-electron chi connectivity index (χ1n) is 8.19. The van der Waals surface area contributed by atoms with Crippen molar-refractivity contribution in [3.05, 3.63) is 51.8 Å². The first-order valence-corrected chi connectivity index (χ1v) is 9.95. The highest BCUT2D eigenvalue weighted by Crippen LogP contribution is 2.18. The lowest BCUT2D eigenvalue weighted by molar-refractivity contribution is -0.116. The summed E-state index contributed by atoms with van der Waals surface area (Å²) in [5, 5.41) is 9.77. The summed E-state index contributed by atoms with van der Waals surface area (Å²) < 4.78 is 0. The van der Waals surface area contributed by atoms with Crippen molar-refractivity contribution in [1.82, 2.24) is 9.97 Å². The lowest BCUT2D eigenvalue weighted by Gasteiger charge is -2.11. The maximum absolute atomic E-state index is 12.2. The number of hydrogen-bond acceptors (Lipinski definition) is 7. The van der Waals surface area contributed by atoms with Crippen molar-refractivity contribution < 1.29 is 9.59 Å². The van der Waals surface area contributed by atoms with Crippen LogP contribution < -0.4 is 15.5 Å². The third-order valence-corrected chi connectivity index (χ3v) is 5.23. The van der Waals surface area contributed by atoms with Gasteiger partial charge in [-0.3, -0.25) is 9.59 Å². The minimum atomic E-state index is -0.184. The van der Waals surface area contributed by atoms with Crippen LogP contribution in [0.3, 0.4) is 0 Å². The van der Waals surface area contributed by atoms with Crippen LogP contribution in [0.2, 0.25) is 0 Å². The van der Waals surface area contributed by atoms with Crippen molar-refractivity contribution >= 4 is 51.1 Å². The molecule has 3 aromatic rings. The van der Waals surface area contributed by atoms with Crippen LogP contribution in [0.4, 0.5) is 16.6 Å². The fourth-order valence-corrected chi connectivity index (χ4v) is 3.70. The van der Waals surface area contributed by atoms with Crippen LogP contribution in [0.15, 0.2) is 41.2 Å². The summed E-state index contributed by atoms with van der Waals surface area (Å²) in [7, 11) is 3.80. The Morgan fingerprint density at radius 1 is 1.07 bits per heavy atom. The van der Waals surface area contributed by atoms with Crippen molar-refractivity contribution in [3.8, 4) is 0 Å². The van der Waals surface area contributed by atoms with Gasteiger partial charge in [-0.15, -0.1) is 22.7 Å². The molecule has 0 aliphatic rings. The minimum Gasteiger partial charge on any atom is -0.363 e. The third kappa shape index (κ3) is 5.60. The summed E-state index contributed by atoms with van der Waals surface area (Å²) in [4.78, 5) is 35.6. The molecule has 0 unspecified atom stereocenters. The number of thiazole rings is 1. The first kappa shape index (κ1) is 19.0. The van der Waals surface area contributed by atoms with Crippen LogP contribution in [0.25, 0.3) is 0 Å². The molecular weight excluding hydrogens is 382 g/mol. The Kier molecular flexibility index (Phi) is 6.15. The smallest absolute Gasteiger partial charge is 0.231 e. The lowest BCUT2D eigenvalue weighted by atomic mass is 10.3. The average Bonchev–Trinajstić information content (AvgIpc) is 3.27. The number of amides is 2. The van der Waals surface area contributed by atoms with Gasteiger partial charge in [0.1, 0.15) is 5.82 Å². The van der Waals surface area contributed by atoms with Gasteiger partial charge in [-0.1, -0.05) is 6.07 Å². The molecular formula is C18H19N5O2S2. The Labute approximate surface area is 165 Å². The average molecular weight is 402 g/mol. The van der Waals surface area contributed by atoms with Gasteiger partial charge in [0.2, 0.25) is 11.8 Å². The molecule has 3 heterocycles. The van der Waals surface area contributed by atoms with Crippen molar-refractivity contribution in [2.45, 2.75) is 12.8 Å². The molecule has 0 aliphatic heterocycles. The van der Waals surface area contributed by atoms with Crippen LogP contribution in [-0.4, -0.2) is 35.9 Å². The summed E-state index contributed by atoms with van der Waals surface area (Å²) in [6, 6.07) is 7.47. The molecule has 0 fully saturated rings. The number of hydrogen-bond donors (Lipinski definition) is 2. The molecule has 0 saturated heterocycles. The van der Waals surface area contributed by atoms with E-state index in [4.69, 9.17) is 0 Å². The number of thiophene rings is 1. The largest absolute Gasteiger partial charge is 0.363 e. The van der Waals surface area contributed by atoms with E-state index in [9.17, 15) is 9.59 Å². The molecule has 2 N–H and O–H groups in total. The number of anilines is 3. The van der Waals surface area contributed by atoms with Gasteiger partial charge in [0.25, 0.3) is 0 Å². The number of nitrogens with zero attached hydrogens (tertiary/aromatic N) is 3. The maximum atomic E-state index is 12.2. The zero-order valence-electron chi connectivity index (χ0n) is 14.9. The zero-order valence-corrected chi connectivity index (χ0v) is 16.6. The predicted molar refractivity (Wildman–Crippen MR) is 110 cm³/mol. The van der Waals surface area contributed by atoms with Crippen LogP contribution in [-0.2, 0) is 22.4 Å². The summed E-state index contributed by atoms with van der Waals surface area (Å²) in [5.74, 6) is 0.515. The Morgan fingerprint density at radius 3 is 2.56 bits per heavy atom. The van der Waals surface area contributed by atoms with E-state index < -0.39 is 0 Å². The molecule has 3 aromatic heterocycles. The fourth-order valence-electron chi connectivity index (χ4n) is 2.27. The van der Waals surface area contributed by atoms with Gasteiger partial charge >= 0.3 is 0 Å². The molecule has 0 radical (unpaired) electrons. The normalized spacial score (nSPS) is 10.4. The Morgan fingerprint density at radius 2 is 1.89 bits per heavy atom. The standard InChI is InChI=1S/C18H19N5O2S2/c1-23(2)15-6-5-12(10-19-15)20-16(24)8-13-11-27-18(21-13)22-17(25)9-14-4-3-7-26-14/h3-7,10-11H,8-9H2,1-2H3,(H,20,24)(H,21,22,25). The highest BCUT2D eigenvalue weighted by atomic mass is 32.1. The molecule has 0 saturated carbocycles. The number of aromatic nitrogens is 2. The van der Waals surface area contributed by atoms with Crippen LogP contribution in [0.1, 0.15) is 10.6 Å². The van der Waals surface area contributed by atoms with Crippen molar-refractivity contribution in [2.24, 2.45) is 0 Å². The third-order valence-electron chi connectivity index (χ3n) is 3.54. The molecule has 9 heteroatoms. The monoisotopic (exact) mass is 401 g/mol. The molecule has 0 aliphatic carbocycles. The van der Waals surface area contributed by atoms with Gasteiger partial charge < -0.3 is 15.5 Å². The van der Waals surface area contributed by atoms with Gasteiger partial charge in [-0.25, -0.2) is 9.97 Å². The maximum Gasteiger partial charge on any atom is 0.231 e. The number of carbonyl (C=O) groups excluding carboxylic acids is 2. The van der Waals surface area contributed by atoms with E-state index in [0.29, 0.717) is 22.9 Å². The second-order valence-corrected chi connectivity index (χ2v) is 7.86. The molecule has 2 amide bonds. The Bertz CT molecular complexity index is 904. The highest BCUT2D eigenvalue weighted by Gasteiger charge is 2.11. The Hall–Kier alpha value is -2.78. The summed E-state index contributed by atoms with van der Waals surface area (Å²) in [6.07, 6.45) is 2.07. The highest BCUT2D eigenvalue weighted by molar-refractivity contribution is 7.14. The van der Waals surface area contributed by atoms with Crippen LogP contribution in [0.5, 0.6) is 0 Å². The predicted octanol–water partition coefficient (Wildman–Crippen LogP) is 3.03. The molecule has 0 aromatic carbocycles. The van der Waals surface area contributed by atoms with E-state index in [0.717, 1.165) is 10.7 Å². The quantitative estimate of drug-likeness (QED) is 0.635. The van der Waals surface area contributed by atoms with Crippen molar-refractivity contribution in [2.75, 3.05) is 29.6 Å². The second-order valence-electron chi connectivity index (χ2n) is 5.97. The molecule has 0 bridgehead atoms. The lowest BCUT2D eigenvalue weighted by Crippen LogP contribution is -2.16. The second kappa shape index (κ2) is 8.74. The molecule has 3 rings (SSSR count). The van der Waals surface area contributed by atoms with E-state index in [1.54, 1.807) is 29.0 Å². The van der Waals surface area contributed by atoms with Gasteiger partial charge in [-0.2, -0.15) is 0 Å². The summed E-state index contributed by atoms with van der Waals surface area (Å²) in [6.45, 7) is 0. The topological polar surface area (TPSA) is 87.2 Å². The van der Waals surface area contributed by atoms with E-state index >= 15 is 0 Å². The first-order chi connectivity index (χ1) is 13.0. The van der Waals surface area contributed by atoms with Gasteiger partial charge in [0.15, 0.2) is 5.13 Å². The fraction of sp³-hybridized carbons (Fsp3) is 0.222. The van der Waals surface area contributed by atoms with Crippen molar-refractivity contribution in [1.29, 1.82) is 0 Å². The van der Waals surface area contributed by atoms with E-state index in [-0.39, 0.29) is 18.2 Å². The number of rotatable bonds is 7. The molecule has 140 valence electrons. The molecule has 27 heavy (non-hydrogen) atoms. The summed E-state index contributed by atoms with van der Waals surface area (Å²) in [5.41, 5.74) is 1.24. The number of pyridine rings is 1. The number of nitrogens with one attached hydrogen (secondary N) is 2. The van der Waals surface area contributed by atoms with Gasteiger partial charge in [-0.05, 0) is 23.6 Å². The number of carbonyl (C=O) groups is 2. The van der Waals surface area contributed by atoms with Crippen molar-refractivity contribution in [3.63, 3.8) is 0 Å². The summed E-state index contributed by atoms with van der Waals surface area (Å²) >= 11 is 2.85. The van der Waals surface area contributed by atoms with Gasteiger partial charge in [0.05, 0.1) is 30.4 Å². The van der Waals surface area contributed by atoms with Crippen LogP contribution >= 0.6 is 22.7 Å². The molecule has 0 atom stereocenters. The van der Waals surface area contributed by atoms with Crippen LogP contribution in [0, 0.1) is 0 Å². The van der Waals surface area contributed by atoms with Gasteiger partial charge in [0, 0.05) is 24.4 Å². The van der Waals surface area contributed by atoms with E-state index in [2.05, 4.69) is 20.6 Å². The molecule has 0 spiro atoms. The Balaban J connectivity index is 1.50. The zero-order chi connectivity index (χ0) is 19.2. The van der Waals surface area contributed by atoms with E-state index in [1.165, 1.54) is 11.3 Å². The SMILES string of the molecule is CN(C)c1ccc(NC(=O)Cc2csc(NC(=O)Cc3cccs3)n2)cn1. The van der Waals surface area contributed by atoms with E-state index in [1.807, 2.05) is 42.6 Å².